The zero-order valence-corrected chi connectivity index (χ0v) is 20.4. The number of carbonyl (C=O) groups excluding carboxylic acids is 1. The average molecular weight is 449 g/mol. The summed E-state index contributed by atoms with van der Waals surface area (Å²) in [7, 11) is 0. The predicted molar refractivity (Wildman–Crippen MR) is 135 cm³/mol. The fourth-order valence-electron chi connectivity index (χ4n) is 4.59. The van der Waals surface area contributed by atoms with E-state index in [4.69, 9.17) is 4.74 Å². The van der Waals surface area contributed by atoms with Crippen molar-refractivity contribution in [2.45, 2.75) is 65.3 Å². The van der Waals surface area contributed by atoms with E-state index in [1.807, 2.05) is 18.2 Å². The molecule has 4 nitrogen and oxygen atoms in total. The van der Waals surface area contributed by atoms with Crippen LogP contribution in [0.1, 0.15) is 79.4 Å². The Kier molecular flexibility index (Phi) is 8.44. The molecular weight excluding hydrogens is 408 g/mol. The van der Waals surface area contributed by atoms with Crippen LogP contribution in [0.4, 0.5) is 0 Å². The van der Waals surface area contributed by atoms with E-state index in [1.54, 1.807) is 0 Å². The van der Waals surface area contributed by atoms with Crippen LogP contribution < -0.4 is 10.1 Å². The Bertz CT molecular complexity index is 920. The van der Waals surface area contributed by atoms with Crippen molar-refractivity contribution >= 4 is 5.91 Å². The van der Waals surface area contributed by atoms with Crippen molar-refractivity contribution in [3.8, 4) is 5.75 Å². The van der Waals surface area contributed by atoms with Crippen LogP contribution in [0, 0.1) is 11.8 Å². The molecule has 0 atom stereocenters. The molecule has 1 aliphatic heterocycles. The highest BCUT2D eigenvalue weighted by atomic mass is 16.5. The Hall–Kier alpha value is -2.33. The molecule has 0 spiro atoms. The van der Waals surface area contributed by atoms with E-state index in [9.17, 15) is 4.79 Å². The minimum Gasteiger partial charge on any atom is -0.493 e. The highest BCUT2D eigenvalue weighted by Gasteiger charge is 2.24. The standard InChI is InChI=1S/C29H40N2O2/c1-22(2)13-14-30-29(32)26-11-12-28-27(19-26)18-24-7-6-8-25(17-24)21-31(20-23-9-10-23)15-4-3-5-16-33-28/h6-8,11-12,17,19,22-23H,3-5,9-10,13-16,18,20-21H2,1-2H3,(H,30,32). The fraction of sp³-hybridized carbons (Fsp3) is 0.552. The number of nitrogens with one attached hydrogen (secondary N) is 1. The topological polar surface area (TPSA) is 41.6 Å². The smallest absolute Gasteiger partial charge is 0.251 e. The Morgan fingerprint density at radius 2 is 1.94 bits per heavy atom. The summed E-state index contributed by atoms with van der Waals surface area (Å²) in [5.41, 5.74) is 4.47. The van der Waals surface area contributed by atoms with E-state index in [0.717, 1.165) is 49.6 Å². The van der Waals surface area contributed by atoms with Crippen LogP contribution >= 0.6 is 0 Å². The number of carbonyl (C=O) groups is 1. The van der Waals surface area contributed by atoms with Crippen molar-refractivity contribution in [3.63, 3.8) is 0 Å². The largest absolute Gasteiger partial charge is 0.493 e. The van der Waals surface area contributed by atoms with Crippen molar-refractivity contribution in [2.75, 3.05) is 26.2 Å². The molecule has 1 N–H and O–H groups in total. The van der Waals surface area contributed by atoms with Crippen molar-refractivity contribution in [2.24, 2.45) is 11.8 Å². The molecule has 0 aromatic heterocycles. The maximum absolute atomic E-state index is 12.7. The third kappa shape index (κ3) is 7.60. The Labute approximate surface area is 199 Å². The first-order valence-corrected chi connectivity index (χ1v) is 12.9. The van der Waals surface area contributed by atoms with Crippen LogP contribution in [0.2, 0.25) is 0 Å². The number of benzene rings is 2. The van der Waals surface area contributed by atoms with Gasteiger partial charge in [0.25, 0.3) is 5.91 Å². The molecular formula is C29H40N2O2. The van der Waals surface area contributed by atoms with Crippen molar-refractivity contribution < 1.29 is 9.53 Å². The molecule has 2 bridgehead atoms. The second kappa shape index (κ2) is 11.7. The molecule has 33 heavy (non-hydrogen) atoms. The monoisotopic (exact) mass is 448 g/mol. The molecule has 4 heteroatoms. The molecule has 2 aromatic rings. The van der Waals surface area contributed by atoms with Gasteiger partial charge >= 0.3 is 0 Å². The molecule has 178 valence electrons. The lowest BCUT2D eigenvalue weighted by molar-refractivity contribution is 0.0952. The van der Waals surface area contributed by atoms with Crippen LogP contribution in [0.25, 0.3) is 0 Å². The Morgan fingerprint density at radius 1 is 1.09 bits per heavy atom. The van der Waals surface area contributed by atoms with Crippen LogP contribution in [0.5, 0.6) is 5.75 Å². The van der Waals surface area contributed by atoms with Crippen molar-refractivity contribution in [1.29, 1.82) is 0 Å². The Morgan fingerprint density at radius 3 is 2.76 bits per heavy atom. The van der Waals surface area contributed by atoms with Crippen molar-refractivity contribution in [3.05, 3.63) is 64.7 Å². The average Bonchev–Trinajstić information content (AvgIpc) is 3.60. The molecule has 2 aromatic carbocycles. The van der Waals surface area contributed by atoms with Gasteiger partial charge in [0.15, 0.2) is 0 Å². The van der Waals surface area contributed by atoms with E-state index in [2.05, 4.69) is 48.3 Å². The minimum absolute atomic E-state index is 0.00215. The van der Waals surface area contributed by atoms with Gasteiger partial charge in [0.05, 0.1) is 6.61 Å². The number of nitrogens with zero attached hydrogens (tertiary/aromatic N) is 1. The van der Waals surface area contributed by atoms with Gasteiger partial charge in [-0.3, -0.25) is 9.69 Å². The molecule has 4 rings (SSSR count). The van der Waals surface area contributed by atoms with E-state index in [1.165, 1.54) is 49.9 Å². The van der Waals surface area contributed by atoms with Crippen LogP contribution in [0.15, 0.2) is 42.5 Å². The van der Waals surface area contributed by atoms with Gasteiger partial charge in [-0.25, -0.2) is 0 Å². The van der Waals surface area contributed by atoms with Gasteiger partial charge in [-0.05, 0) is 91.8 Å². The van der Waals surface area contributed by atoms with Crippen molar-refractivity contribution in [1.82, 2.24) is 10.2 Å². The molecule has 2 aliphatic rings. The van der Waals surface area contributed by atoms with E-state index in [-0.39, 0.29) is 5.91 Å². The zero-order chi connectivity index (χ0) is 23.0. The quantitative estimate of drug-likeness (QED) is 0.605. The first kappa shape index (κ1) is 23.8. The summed E-state index contributed by atoms with van der Waals surface area (Å²) in [5.74, 6) is 2.40. The van der Waals surface area contributed by atoms with E-state index < -0.39 is 0 Å². The van der Waals surface area contributed by atoms with Crippen LogP contribution in [0.3, 0.4) is 0 Å². The number of ether oxygens (including phenoxy) is 1. The molecule has 1 fully saturated rings. The number of hydrogen-bond donors (Lipinski definition) is 1. The summed E-state index contributed by atoms with van der Waals surface area (Å²) in [4.78, 5) is 15.4. The van der Waals surface area contributed by atoms with Crippen LogP contribution in [-0.2, 0) is 13.0 Å². The predicted octanol–water partition coefficient (Wildman–Crippen LogP) is 5.83. The van der Waals surface area contributed by atoms with Crippen LogP contribution in [-0.4, -0.2) is 37.0 Å². The summed E-state index contributed by atoms with van der Waals surface area (Å²) in [6, 6.07) is 14.9. The maximum Gasteiger partial charge on any atom is 0.251 e. The second-order valence-corrected chi connectivity index (χ2v) is 10.3. The molecule has 1 amide bonds. The molecule has 0 saturated heterocycles. The normalized spacial score (nSPS) is 17.7. The molecule has 0 unspecified atom stereocenters. The van der Waals surface area contributed by atoms with Gasteiger partial charge in [-0.1, -0.05) is 38.1 Å². The lowest BCUT2D eigenvalue weighted by Gasteiger charge is -2.23. The third-order valence-electron chi connectivity index (χ3n) is 6.71. The lowest BCUT2D eigenvalue weighted by Crippen LogP contribution is -2.27. The summed E-state index contributed by atoms with van der Waals surface area (Å²) in [6.45, 7) is 9.24. The van der Waals surface area contributed by atoms with E-state index in [0.29, 0.717) is 18.0 Å². The Balaban J connectivity index is 1.53. The number of fused-ring (bicyclic) bond motifs is 3. The SMILES string of the molecule is CC(C)CCNC(=O)c1ccc2c(c1)Cc1cccc(c1)CN(CC1CC1)CCCCCO2. The van der Waals surface area contributed by atoms with Gasteiger partial charge in [-0.2, -0.15) is 0 Å². The number of rotatable bonds is 6. The molecule has 1 heterocycles. The maximum atomic E-state index is 12.7. The highest BCUT2D eigenvalue weighted by Crippen LogP contribution is 2.31. The molecule has 1 aliphatic carbocycles. The molecule has 1 saturated carbocycles. The van der Waals surface area contributed by atoms with Gasteiger partial charge in [0, 0.05) is 31.6 Å². The molecule has 0 radical (unpaired) electrons. The fourth-order valence-corrected chi connectivity index (χ4v) is 4.59. The minimum atomic E-state index is 0.00215. The van der Waals surface area contributed by atoms with E-state index >= 15 is 0 Å². The first-order chi connectivity index (χ1) is 16.1. The van der Waals surface area contributed by atoms with Gasteiger partial charge in [-0.15, -0.1) is 0 Å². The number of hydrogen-bond acceptors (Lipinski definition) is 3. The zero-order valence-electron chi connectivity index (χ0n) is 20.4. The highest BCUT2D eigenvalue weighted by molar-refractivity contribution is 5.94. The lowest BCUT2D eigenvalue weighted by atomic mass is 9.99. The number of amides is 1. The van der Waals surface area contributed by atoms with Gasteiger partial charge < -0.3 is 10.1 Å². The second-order valence-electron chi connectivity index (χ2n) is 10.3. The third-order valence-corrected chi connectivity index (χ3v) is 6.71. The summed E-state index contributed by atoms with van der Waals surface area (Å²) in [6.07, 6.45) is 8.04. The first-order valence-electron chi connectivity index (χ1n) is 12.9. The summed E-state index contributed by atoms with van der Waals surface area (Å²) >= 11 is 0. The van der Waals surface area contributed by atoms with Gasteiger partial charge in [0.2, 0.25) is 0 Å². The van der Waals surface area contributed by atoms with Gasteiger partial charge in [0.1, 0.15) is 5.75 Å². The summed E-state index contributed by atoms with van der Waals surface area (Å²) in [5, 5.41) is 3.07. The summed E-state index contributed by atoms with van der Waals surface area (Å²) < 4.78 is 6.21.